The number of hydrogen-bond acceptors (Lipinski definition) is 2. The largest absolute Gasteiger partial charge is 0.327 e. The van der Waals surface area contributed by atoms with Gasteiger partial charge in [0.25, 0.3) is 0 Å². The first-order valence-electron chi connectivity index (χ1n) is 5.22. The summed E-state index contributed by atoms with van der Waals surface area (Å²) >= 11 is 1.69. The molecule has 0 radical (unpaired) electrons. The van der Waals surface area contributed by atoms with Crippen molar-refractivity contribution >= 4 is 11.8 Å². The minimum atomic E-state index is -0.189. The number of rotatable bonds is 5. The summed E-state index contributed by atoms with van der Waals surface area (Å²) in [6.07, 6.45) is 1.04. The predicted octanol–water partition coefficient (Wildman–Crippen LogP) is 3.29. The molecule has 1 aromatic carbocycles. The molecule has 15 heavy (non-hydrogen) atoms. The maximum Gasteiger partial charge on any atom is 0.123 e. The van der Waals surface area contributed by atoms with Gasteiger partial charge in [-0.05, 0) is 36.6 Å². The first kappa shape index (κ1) is 12.5. The predicted molar refractivity (Wildman–Crippen MR) is 64.6 cm³/mol. The maximum atomic E-state index is 12.6. The Hall–Kier alpha value is -0.540. The zero-order valence-corrected chi connectivity index (χ0v) is 10.1. The third kappa shape index (κ3) is 5.19. The molecule has 3 heteroatoms. The highest BCUT2D eigenvalue weighted by molar-refractivity contribution is 7.99. The fraction of sp³-hybridized carbons (Fsp3) is 0.500. The van der Waals surface area contributed by atoms with E-state index in [9.17, 15) is 4.39 Å². The van der Waals surface area contributed by atoms with Crippen LogP contribution in [-0.2, 0) is 0 Å². The molecule has 0 aromatic heterocycles. The molecule has 2 N–H and O–H groups in total. The molecule has 0 aliphatic heterocycles. The number of hydrogen-bond donors (Lipinski definition) is 1. The lowest BCUT2D eigenvalue weighted by atomic mass is 10.1. The molecule has 0 saturated heterocycles. The molecule has 0 saturated carbocycles. The fourth-order valence-electron chi connectivity index (χ4n) is 1.41. The highest BCUT2D eigenvalue weighted by Gasteiger charge is 2.06. The van der Waals surface area contributed by atoms with E-state index in [2.05, 4.69) is 13.8 Å². The van der Waals surface area contributed by atoms with Gasteiger partial charge in [-0.25, -0.2) is 4.39 Å². The lowest BCUT2D eigenvalue weighted by Crippen LogP contribution is -2.24. The van der Waals surface area contributed by atoms with Gasteiger partial charge in [-0.1, -0.05) is 13.8 Å². The van der Waals surface area contributed by atoms with Crippen LogP contribution in [0.1, 0.15) is 20.3 Å². The average Bonchev–Trinajstić information content (AvgIpc) is 2.16. The second-order valence-electron chi connectivity index (χ2n) is 4.15. The van der Waals surface area contributed by atoms with Crippen molar-refractivity contribution in [2.45, 2.75) is 31.2 Å². The van der Waals surface area contributed by atoms with Crippen LogP contribution < -0.4 is 5.73 Å². The van der Waals surface area contributed by atoms with E-state index in [1.165, 1.54) is 12.1 Å². The van der Waals surface area contributed by atoms with Crippen molar-refractivity contribution in [1.29, 1.82) is 0 Å². The highest BCUT2D eigenvalue weighted by Crippen LogP contribution is 2.20. The van der Waals surface area contributed by atoms with E-state index in [1.807, 2.05) is 0 Å². The summed E-state index contributed by atoms with van der Waals surface area (Å²) in [4.78, 5) is 1.08. The van der Waals surface area contributed by atoms with Crippen LogP contribution in [0.4, 0.5) is 4.39 Å². The molecule has 0 bridgehead atoms. The van der Waals surface area contributed by atoms with Gasteiger partial charge in [0.1, 0.15) is 5.82 Å². The number of benzene rings is 1. The Morgan fingerprint density at radius 3 is 2.40 bits per heavy atom. The Morgan fingerprint density at radius 1 is 1.27 bits per heavy atom. The molecule has 1 unspecified atom stereocenters. The quantitative estimate of drug-likeness (QED) is 0.781. The number of nitrogens with two attached hydrogens (primary N) is 1. The monoisotopic (exact) mass is 227 g/mol. The van der Waals surface area contributed by atoms with E-state index in [0.717, 1.165) is 17.1 Å². The summed E-state index contributed by atoms with van der Waals surface area (Å²) in [5, 5.41) is 0. The molecule has 1 aromatic rings. The van der Waals surface area contributed by atoms with Crippen LogP contribution in [0.25, 0.3) is 0 Å². The average molecular weight is 227 g/mol. The van der Waals surface area contributed by atoms with Crippen molar-refractivity contribution in [3.05, 3.63) is 30.1 Å². The van der Waals surface area contributed by atoms with E-state index in [1.54, 1.807) is 23.9 Å². The first-order valence-corrected chi connectivity index (χ1v) is 6.20. The lowest BCUT2D eigenvalue weighted by Gasteiger charge is -2.13. The summed E-state index contributed by atoms with van der Waals surface area (Å²) < 4.78 is 12.6. The zero-order chi connectivity index (χ0) is 11.3. The third-order valence-corrected chi connectivity index (χ3v) is 3.25. The van der Waals surface area contributed by atoms with Crippen molar-refractivity contribution in [2.24, 2.45) is 11.7 Å². The summed E-state index contributed by atoms with van der Waals surface area (Å²) in [7, 11) is 0. The normalized spacial score (nSPS) is 13.1. The van der Waals surface area contributed by atoms with Gasteiger partial charge in [-0.15, -0.1) is 11.8 Å². The number of halogens is 1. The Kier molecular flexibility index (Phi) is 5.12. The van der Waals surface area contributed by atoms with E-state index >= 15 is 0 Å². The highest BCUT2D eigenvalue weighted by atomic mass is 32.2. The molecule has 0 fully saturated rings. The van der Waals surface area contributed by atoms with Gasteiger partial charge >= 0.3 is 0 Å². The third-order valence-electron chi connectivity index (χ3n) is 2.05. The van der Waals surface area contributed by atoms with Gasteiger partial charge in [0.15, 0.2) is 0 Å². The van der Waals surface area contributed by atoms with Crippen LogP contribution in [0.2, 0.25) is 0 Å². The summed E-state index contributed by atoms with van der Waals surface area (Å²) in [6, 6.07) is 6.77. The van der Waals surface area contributed by atoms with Crippen LogP contribution in [0.3, 0.4) is 0 Å². The minimum Gasteiger partial charge on any atom is -0.327 e. The van der Waals surface area contributed by atoms with Crippen LogP contribution in [0.5, 0.6) is 0 Å². The molecule has 0 amide bonds. The second-order valence-corrected chi connectivity index (χ2v) is 5.25. The van der Waals surface area contributed by atoms with Crippen molar-refractivity contribution in [3.8, 4) is 0 Å². The maximum absolute atomic E-state index is 12.6. The van der Waals surface area contributed by atoms with Gasteiger partial charge in [0.05, 0.1) is 0 Å². The summed E-state index contributed by atoms with van der Waals surface area (Å²) in [5.74, 6) is 1.34. The van der Waals surface area contributed by atoms with Gasteiger partial charge in [0, 0.05) is 16.7 Å². The summed E-state index contributed by atoms with van der Waals surface area (Å²) in [5.41, 5.74) is 5.96. The molecule has 1 rings (SSSR count). The van der Waals surface area contributed by atoms with Crippen LogP contribution in [0.15, 0.2) is 29.2 Å². The zero-order valence-electron chi connectivity index (χ0n) is 9.24. The van der Waals surface area contributed by atoms with Gasteiger partial charge in [-0.3, -0.25) is 0 Å². The van der Waals surface area contributed by atoms with E-state index < -0.39 is 0 Å². The molecular formula is C12H18FNS. The van der Waals surface area contributed by atoms with Crippen LogP contribution in [-0.4, -0.2) is 11.8 Å². The van der Waals surface area contributed by atoms with Crippen molar-refractivity contribution in [1.82, 2.24) is 0 Å². The van der Waals surface area contributed by atoms with Crippen LogP contribution in [0, 0.1) is 11.7 Å². The van der Waals surface area contributed by atoms with Crippen molar-refractivity contribution in [3.63, 3.8) is 0 Å². The SMILES string of the molecule is CC(C)CC(N)CSc1ccc(F)cc1. The molecule has 1 nitrogen and oxygen atoms in total. The topological polar surface area (TPSA) is 26.0 Å². The lowest BCUT2D eigenvalue weighted by molar-refractivity contribution is 0.524. The molecule has 0 aliphatic rings. The Labute approximate surface area is 95.2 Å². The van der Waals surface area contributed by atoms with Gasteiger partial charge in [-0.2, -0.15) is 0 Å². The van der Waals surface area contributed by atoms with Crippen LogP contribution >= 0.6 is 11.8 Å². The van der Waals surface area contributed by atoms with E-state index in [4.69, 9.17) is 5.73 Å². The molecule has 1 atom stereocenters. The Balaban J connectivity index is 2.33. The fourth-order valence-corrected chi connectivity index (χ4v) is 2.28. The Morgan fingerprint density at radius 2 is 1.87 bits per heavy atom. The van der Waals surface area contributed by atoms with Crippen molar-refractivity contribution < 1.29 is 4.39 Å². The van der Waals surface area contributed by atoms with Gasteiger partial charge < -0.3 is 5.73 Å². The second kappa shape index (κ2) is 6.13. The number of thioether (sulfide) groups is 1. The smallest absolute Gasteiger partial charge is 0.123 e. The molecule has 84 valence electrons. The summed E-state index contributed by atoms with van der Waals surface area (Å²) in [6.45, 7) is 4.34. The Bertz CT molecular complexity index is 284. The van der Waals surface area contributed by atoms with E-state index in [0.29, 0.717) is 5.92 Å². The first-order chi connectivity index (χ1) is 7.08. The minimum absolute atomic E-state index is 0.189. The van der Waals surface area contributed by atoms with E-state index in [-0.39, 0.29) is 11.9 Å². The molecule has 0 heterocycles. The molecule has 0 aliphatic carbocycles. The van der Waals surface area contributed by atoms with Gasteiger partial charge in [0.2, 0.25) is 0 Å². The molecule has 0 spiro atoms. The molecular weight excluding hydrogens is 209 g/mol. The van der Waals surface area contributed by atoms with Crippen molar-refractivity contribution in [2.75, 3.05) is 5.75 Å². The standard InChI is InChI=1S/C12H18FNS/c1-9(2)7-11(14)8-15-12-5-3-10(13)4-6-12/h3-6,9,11H,7-8,14H2,1-2H3.